The highest BCUT2D eigenvalue weighted by molar-refractivity contribution is 5.95. The van der Waals surface area contributed by atoms with E-state index in [1.165, 1.54) is 0 Å². The Hall–Kier alpha value is -3.34. The molecule has 0 bridgehead atoms. The number of methoxy groups -OCH3 is 2. The van der Waals surface area contributed by atoms with Crippen molar-refractivity contribution in [3.63, 3.8) is 0 Å². The Labute approximate surface area is 170 Å². The predicted octanol–water partition coefficient (Wildman–Crippen LogP) is 4.63. The summed E-state index contributed by atoms with van der Waals surface area (Å²) in [5, 5.41) is 1.06. The van der Waals surface area contributed by atoms with Crippen molar-refractivity contribution in [3.8, 4) is 11.5 Å². The highest BCUT2D eigenvalue weighted by Crippen LogP contribution is 2.38. The molecule has 0 N–H and O–H groups in total. The molecule has 5 heteroatoms. The van der Waals surface area contributed by atoms with Crippen LogP contribution in [0.15, 0.2) is 60.8 Å². The number of hydrogen-bond donors (Lipinski definition) is 0. The first-order chi connectivity index (χ1) is 14.2. The maximum absolute atomic E-state index is 13.0. The van der Waals surface area contributed by atoms with Crippen molar-refractivity contribution in [1.82, 2.24) is 9.88 Å². The van der Waals surface area contributed by atoms with E-state index in [4.69, 9.17) is 9.47 Å². The monoisotopic (exact) mass is 388 g/mol. The number of aromatic nitrogens is 1. The number of nitrogens with zero attached hydrogens (tertiary/aromatic N) is 2. The summed E-state index contributed by atoms with van der Waals surface area (Å²) in [6.45, 7) is 0.733. The standard InChI is InChI=1S/C24H24N2O3/c1-28-19-11-12-20(22(16-19)29-2)21-9-5-15-26(21)23(27)13-10-18-7-3-6-17-8-4-14-25-24(17)18/h3-4,6-8,10-14,16,21H,5,9,15H2,1-2H3/b13-10+. The summed E-state index contributed by atoms with van der Waals surface area (Å²) in [7, 11) is 3.28. The molecule has 5 nitrogen and oxygen atoms in total. The number of hydrogen-bond acceptors (Lipinski definition) is 4. The zero-order valence-electron chi connectivity index (χ0n) is 16.7. The van der Waals surface area contributed by atoms with Crippen molar-refractivity contribution < 1.29 is 14.3 Å². The molecule has 1 saturated heterocycles. The van der Waals surface area contributed by atoms with E-state index in [1.54, 1.807) is 26.5 Å². The van der Waals surface area contributed by atoms with Crippen molar-refractivity contribution in [1.29, 1.82) is 0 Å². The maximum atomic E-state index is 13.0. The van der Waals surface area contributed by atoms with Gasteiger partial charge in [-0.05, 0) is 37.1 Å². The first-order valence-electron chi connectivity index (χ1n) is 9.75. The van der Waals surface area contributed by atoms with Gasteiger partial charge in [-0.1, -0.05) is 24.3 Å². The molecular weight excluding hydrogens is 364 g/mol. The summed E-state index contributed by atoms with van der Waals surface area (Å²) >= 11 is 0. The third kappa shape index (κ3) is 3.81. The van der Waals surface area contributed by atoms with Crippen LogP contribution >= 0.6 is 0 Å². The van der Waals surface area contributed by atoms with Gasteiger partial charge >= 0.3 is 0 Å². The maximum Gasteiger partial charge on any atom is 0.247 e. The Kier molecular flexibility index (Phi) is 5.47. The van der Waals surface area contributed by atoms with E-state index in [0.29, 0.717) is 0 Å². The van der Waals surface area contributed by atoms with Crippen molar-refractivity contribution in [2.45, 2.75) is 18.9 Å². The average Bonchev–Trinajstić information content (AvgIpc) is 3.26. The van der Waals surface area contributed by atoms with E-state index >= 15 is 0 Å². The zero-order valence-corrected chi connectivity index (χ0v) is 16.7. The van der Waals surface area contributed by atoms with Crippen LogP contribution in [-0.2, 0) is 4.79 Å². The number of fused-ring (bicyclic) bond motifs is 1. The van der Waals surface area contributed by atoms with Gasteiger partial charge in [0, 0.05) is 41.4 Å². The SMILES string of the molecule is COc1ccc(C2CCCN2C(=O)/C=C/c2cccc3cccnc23)c(OC)c1. The lowest BCUT2D eigenvalue weighted by Gasteiger charge is -2.25. The number of amides is 1. The van der Waals surface area contributed by atoms with Gasteiger partial charge in [-0.2, -0.15) is 0 Å². The molecule has 1 aliphatic heterocycles. The molecule has 3 aromatic rings. The summed E-state index contributed by atoms with van der Waals surface area (Å²) in [4.78, 5) is 19.4. The molecule has 1 aliphatic rings. The van der Waals surface area contributed by atoms with Crippen molar-refractivity contribution in [2.24, 2.45) is 0 Å². The second kappa shape index (κ2) is 8.35. The average molecular weight is 388 g/mol. The third-order valence-corrected chi connectivity index (χ3v) is 5.40. The number of likely N-dealkylation sites (tertiary alicyclic amines) is 1. The molecule has 2 aromatic carbocycles. The van der Waals surface area contributed by atoms with Gasteiger partial charge in [0.15, 0.2) is 0 Å². The van der Waals surface area contributed by atoms with Crippen LogP contribution in [0.25, 0.3) is 17.0 Å². The fourth-order valence-corrected chi connectivity index (χ4v) is 3.97. The van der Waals surface area contributed by atoms with E-state index in [2.05, 4.69) is 4.98 Å². The Morgan fingerprint density at radius 1 is 1.14 bits per heavy atom. The highest BCUT2D eigenvalue weighted by atomic mass is 16.5. The molecule has 0 saturated carbocycles. The van der Waals surface area contributed by atoms with Gasteiger partial charge in [-0.25, -0.2) is 0 Å². The van der Waals surface area contributed by atoms with E-state index in [1.807, 2.05) is 59.5 Å². The van der Waals surface area contributed by atoms with Crippen LogP contribution in [0.3, 0.4) is 0 Å². The largest absolute Gasteiger partial charge is 0.497 e. The lowest BCUT2D eigenvalue weighted by Crippen LogP contribution is -2.29. The Balaban J connectivity index is 1.59. The van der Waals surface area contributed by atoms with Gasteiger partial charge in [0.1, 0.15) is 11.5 Å². The molecule has 2 heterocycles. The molecule has 1 unspecified atom stereocenters. The lowest BCUT2D eigenvalue weighted by molar-refractivity contribution is -0.126. The minimum atomic E-state index is -0.00157. The first kappa shape index (κ1) is 19.0. The number of rotatable bonds is 5. The topological polar surface area (TPSA) is 51.7 Å². The van der Waals surface area contributed by atoms with Gasteiger partial charge < -0.3 is 14.4 Å². The molecule has 148 valence electrons. The Morgan fingerprint density at radius 3 is 2.83 bits per heavy atom. The van der Waals surface area contributed by atoms with Crippen molar-refractivity contribution in [3.05, 3.63) is 71.9 Å². The summed E-state index contributed by atoms with van der Waals surface area (Å²) < 4.78 is 10.9. The van der Waals surface area contributed by atoms with Crippen LogP contribution in [0.2, 0.25) is 0 Å². The van der Waals surface area contributed by atoms with Gasteiger partial charge in [-0.15, -0.1) is 0 Å². The molecule has 1 atom stereocenters. The summed E-state index contributed by atoms with van der Waals surface area (Å²) in [5.41, 5.74) is 2.85. The Bertz CT molecular complexity index is 1060. The number of carbonyl (C=O) groups is 1. The molecule has 1 aromatic heterocycles. The molecule has 0 aliphatic carbocycles. The second-order valence-electron chi connectivity index (χ2n) is 7.05. The number of pyridine rings is 1. The first-order valence-corrected chi connectivity index (χ1v) is 9.75. The van der Waals surface area contributed by atoms with Crippen LogP contribution in [0.4, 0.5) is 0 Å². The fourth-order valence-electron chi connectivity index (χ4n) is 3.97. The van der Waals surface area contributed by atoms with Gasteiger partial charge in [0.25, 0.3) is 0 Å². The smallest absolute Gasteiger partial charge is 0.247 e. The summed E-state index contributed by atoms with van der Waals surface area (Å²) in [5.74, 6) is 1.49. The summed E-state index contributed by atoms with van der Waals surface area (Å²) in [6.07, 6.45) is 7.16. The minimum absolute atomic E-state index is 0.00125. The van der Waals surface area contributed by atoms with E-state index in [0.717, 1.165) is 52.9 Å². The van der Waals surface area contributed by atoms with Gasteiger partial charge in [0.2, 0.25) is 5.91 Å². The van der Waals surface area contributed by atoms with Crippen LogP contribution in [0.5, 0.6) is 11.5 Å². The summed E-state index contributed by atoms with van der Waals surface area (Å²) in [6, 6.07) is 15.7. The molecule has 29 heavy (non-hydrogen) atoms. The number of ether oxygens (including phenoxy) is 2. The highest BCUT2D eigenvalue weighted by Gasteiger charge is 2.31. The van der Waals surface area contributed by atoms with Gasteiger partial charge in [0.05, 0.1) is 25.8 Å². The molecule has 1 fully saturated rings. The second-order valence-corrected chi connectivity index (χ2v) is 7.05. The number of benzene rings is 2. The van der Waals surface area contributed by atoms with E-state index in [9.17, 15) is 4.79 Å². The third-order valence-electron chi connectivity index (χ3n) is 5.40. The number of para-hydroxylation sites is 1. The predicted molar refractivity (Wildman–Crippen MR) is 114 cm³/mol. The minimum Gasteiger partial charge on any atom is -0.497 e. The normalized spacial score (nSPS) is 16.5. The van der Waals surface area contributed by atoms with E-state index in [-0.39, 0.29) is 11.9 Å². The Morgan fingerprint density at radius 2 is 2.00 bits per heavy atom. The molecule has 4 rings (SSSR count). The number of carbonyl (C=O) groups excluding carboxylic acids is 1. The van der Waals surface area contributed by atoms with Crippen molar-refractivity contribution in [2.75, 3.05) is 20.8 Å². The van der Waals surface area contributed by atoms with Crippen LogP contribution in [0.1, 0.15) is 30.0 Å². The van der Waals surface area contributed by atoms with Crippen LogP contribution in [-0.4, -0.2) is 36.6 Å². The zero-order chi connectivity index (χ0) is 20.2. The fraction of sp³-hybridized carbons (Fsp3) is 0.250. The van der Waals surface area contributed by atoms with Gasteiger partial charge in [-0.3, -0.25) is 9.78 Å². The van der Waals surface area contributed by atoms with Crippen LogP contribution in [0, 0.1) is 0 Å². The molecular formula is C24H24N2O3. The van der Waals surface area contributed by atoms with E-state index < -0.39 is 0 Å². The van der Waals surface area contributed by atoms with Crippen LogP contribution < -0.4 is 9.47 Å². The lowest BCUT2D eigenvalue weighted by atomic mass is 10.0. The van der Waals surface area contributed by atoms with Crippen molar-refractivity contribution >= 4 is 22.9 Å². The quantitative estimate of drug-likeness (QED) is 0.598. The molecule has 0 radical (unpaired) electrons. The molecule has 1 amide bonds. The molecule has 0 spiro atoms.